The molecule has 0 aliphatic carbocycles. The van der Waals surface area contributed by atoms with Gasteiger partial charge in [0, 0.05) is 43.3 Å². The lowest BCUT2D eigenvalue weighted by Crippen LogP contribution is -2.75. The summed E-state index contributed by atoms with van der Waals surface area (Å²) in [5.41, 5.74) is 1.13. The van der Waals surface area contributed by atoms with Crippen LogP contribution in [0.3, 0.4) is 0 Å². The lowest BCUT2D eigenvalue weighted by Gasteiger charge is -2.55. The second-order valence-corrected chi connectivity index (χ2v) is 10.1. The first kappa shape index (κ1) is 25.4. The molecule has 0 radical (unpaired) electrons. The van der Waals surface area contributed by atoms with Crippen molar-refractivity contribution in [3.05, 3.63) is 52.5 Å². The fourth-order valence-corrected chi connectivity index (χ4v) is 6.10. The van der Waals surface area contributed by atoms with Gasteiger partial charge in [0.1, 0.15) is 0 Å². The van der Waals surface area contributed by atoms with Crippen molar-refractivity contribution in [3.63, 3.8) is 0 Å². The largest absolute Gasteiger partial charge is 0.493 e. The maximum atomic E-state index is 14.3. The highest BCUT2D eigenvalue weighted by molar-refractivity contribution is 6.32. The number of imide groups is 2. The predicted molar refractivity (Wildman–Crippen MR) is 139 cm³/mol. The Labute approximate surface area is 221 Å². The number of benzene rings is 2. The van der Waals surface area contributed by atoms with Gasteiger partial charge in [-0.25, -0.2) is 4.79 Å². The Bertz CT molecular complexity index is 1250. The molecule has 196 valence electrons. The molecular weight excluding hydrogens is 496 g/mol. The van der Waals surface area contributed by atoms with E-state index in [1.807, 2.05) is 24.3 Å². The normalized spacial score (nSPS) is 23.6. The number of fused-ring (bicyclic) bond motifs is 4. The number of hydrogen-bond acceptors (Lipinski definition) is 7. The van der Waals surface area contributed by atoms with Gasteiger partial charge >= 0.3 is 6.03 Å². The van der Waals surface area contributed by atoms with E-state index in [4.69, 9.17) is 21.1 Å². The Morgan fingerprint density at radius 2 is 1.86 bits per heavy atom. The van der Waals surface area contributed by atoms with Gasteiger partial charge in [0.25, 0.3) is 0 Å². The van der Waals surface area contributed by atoms with Crippen LogP contribution in [0.5, 0.6) is 11.5 Å². The second kappa shape index (κ2) is 9.87. The van der Waals surface area contributed by atoms with E-state index in [9.17, 15) is 14.4 Å². The first-order chi connectivity index (χ1) is 17.8. The first-order valence-electron chi connectivity index (χ1n) is 12.5. The Morgan fingerprint density at radius 1 is 1.08 bits per heavy atom. The Balaban J connectivity index is 1.50. The summed E-state index contributed by atoms with van der Waals surface area (Å²) >= 11 is 6.60. The first-order valence-corrected chi connectivity index (χ1v) is 12.9. The topological polar surface area (TPSA) is 91.4 Å². The molecule has 4 amide bonds. The van der Waals surface area contributed by atoms with Gasteiger partial charge in [-0.05, 0) is 48.4 Å². The highest BCUT2D eigenvalue weighted by Gasteiger charge is 2.62. The lowest BCUT2D eigenvalue weighted by atomic mass is 9.67. The highest BCUT2D eigenvalue weighted by atomic mass is 35.5. The Kier molecular flexibility index (Phi) is 6.76. The lowest BCUT2D eigenvalue weighted by molar-refractivity contribution is -0.154. The fraction of sp³-hybridized carbons (Fsp3) is 0.444. The number of urea groups is 1. The maximum absolute atomic E-state index is 14.3. The van der Waals surface area contributed by atoms with Gasteiger partial charge in [-0.3, -0.25) is 24.7 Å². The number of nitrogens with one attached hydrogen (secondary N) is 1. The summed E-state index contributed by atoms with van der Waals surface area (Å²) in [4.78, 5) is 46.4. The van der Waals surface area contributed by atoms with E-state index in [0.29, 0.717) is 36.0 Å². The molecule has 37 heavy (non-hydrogen) atoms. The smallest absolute Gasteiger partial charge is 0.330 e. The molecule has 3 heterocycles. The number of ether oxygens (including phenoxy) is 2. The molecule has 1 spiro atoms. The van der Waals surface area contributed by atoms with Gasteiger partial charge in [0.05, 0.1) is 20.3 Å². The van der Waals surface area contributed by atoms with Gasteiger partial charge in [-0.15, -0.1) is 0 Å². The van der Waals surface area contributed by atoms with E-state index in [-0.39, 0.29) is 13.0 Å². The van der Waals surface area contributed by atoms with Crippen LogP contribution in [0.4, 0.5) is 10.5 Å². The quantitative estimate of drug-likeness (QED) is 0.579. The number of carbonyl (C=O) groups is 3. The Hall–Kier alpha value is -3.30. The van der Waals surface area contributed by atoms with Crippen molar-refractivity contribution in [2.24, 2.45) is 5.41 Å². The van der Waals surface area contributed by atoms with Crippen molar-refractivity contribution in [3.8, 4) is 11.5 Å². The minimum absolute atomic E-state index is 0.120. The zero-order valence-electron chi connectivity index (χ0n) is 21.3. The number of amides is 4. The number of barbiturate groups is 1. The van der Waals surface area contributed by atoms with Crippen molar-refractivity contribution in [1.82, 2.24) is 15.1 Å². The van der Waals surface area contributed by atoms with Gasteiger partial charge in [-0.2, -0.15) is 0 Å². The predicted octanol–water partition coefficient (Wildman–Crippen LogP) is 2.73. The van der Waals surface area contributed by atoms with Crippen molar-refractivity contribution in [2.75, 3.05) is 51.8 Å². The molecule has 0 bridgehead atoms. The minimum Gasteiger partial charge on any atom is -0.493 e. The van der Waals surface area contributed by atoms with E-state index in [0.717, 1.165) is 29.9 Å². The number of methoxy groups -OCH3 is 2. The van der Waals surface area contributed by atoms with E-state index in [1.165, 1.54) is 4.90 Å². The standard InChI is InChI=1S/C27H31ClN4O5/c1-4-30-12-13-31-20-7-5-6-19(28)18(20)15-27(23(31)16-30)24(33)29-26(35)32(25(27)34)11-10-17-8-9-21(36-2)22(14-17)37-3/h5-9,14,23H,4,10-13,15-16H2,1-3H3,(H,29,33,35)/t23-,27+/m0/s1. The van der Waals surface area contributed by atoms with Crippen LogP contribution >= 0.6 is 11.6 Å². The summed E-state index contributed by atoms with van der Waals surface area (Å²) < 4.78 is 10.7. The van der Waals surface area contributed by atoms with Gasteiger partial charge < -0.3 is 14.4 Å². The van der Waals surface area contributed by atoms with E-state index in [2.05, 4.69) is 22.0 Å². The summed E-state index contributed by atoms with van der Waals surface area (Å²) in [5.74, 6) is 0.138. The number of halogens is 1. The van der Waals surface area contributed by atoms with Gasteiger partial charge in [0.15, 0.2) is 16.9 Å². The molecule has 9 nitrogen and oxygen atoms in total. The second-order valence-electron chi connectivity index (χ2n) is 9.64. The molecule has 3 aliphatic heterocycles. The molecule has 2 aromatic rings. The third-order valence-electron chi connectivity index (χ3n) is 7.91. The molecule has 0 saturated carbocycles. The van der Waals surface area contributed by atoms with Crippen LogP contribution in [0.15, 0.2) is 36.4 Å². The summed E-state index contributed by atoms with van der Waals surface area (Å²) in [6.45, 7) is 5.01. The van der Waals surface area contributed by atoms with Crippen LogP contribution in [0, 0.1) is 5.41 Å². The summed E-state index contributed by atoms with van der Waals surface area (Å²) in [7, 11) is 3.12. The SMILES string of the molecule is CCN1CCN2c3cccc(Cl)c3C[C@]3(C(=O)NC(=O)N(CCc4ccc(OC)c(OC)c4)C3=O)[C@@H]2C1. The van der Waals surface area contributed by atoms with Crippen LogP contribution in [0.25, 0.3) is 0 Å². The number of piperazine rings is 1. The van der Waals surface area contributed by atoms with Crippen molar-refractivity contribution in [1.29, 1.82) is 0 Å². The number of nitrogens with zero attached hydrogens (tertiary/aromatic N) is 3. The average molecular weight is 527 g/mol. The van der Waals surface area contributed by atoms with Gasteiger partial charge in [-0.1, -0.05) is 30.7 Å². The van der Waals surface area contributed by atoms with Crippen molar-refractivity contribution in [2.45, 2.75) is 25.8 Å². The number of anilines is 1. The van der Waals surface area contributed by atoms with Crippen LogP contribution in [0.1, 0.15) is 18.1 Å². The molecule has 2 fully saturated rings. The summed E-state index contributed by atoms with van der Waals surface area (Å²) in [5, 5.41) is 3.02. The summed E-state index contributed by atoms with van der Waals surface area (Å²) in [6.07, 6.45) is 0.544. The molecule has 2 atom stereocenters. The van der Waals surface area contributed by atoms with Gasteiger partial charge in [0.2, 0.25) is 11.8 Å². The van der Waals surface area contributed by atoms with Crippen LogP contribution in [-0.2, 0) is 22.4 Å². The van der Waals surface area contributed by atoms with E-state index < -0.39 is 29.3 Å². The number of hydrogen-bond donors (Lipinski definition) is 1. The molecule has 2 saturated heterocycles. The monoisotopic (exact) mass is 526 g/mol. The molecule has 3 aliphatic rings. The minimum atomic E-state index is -1.46. The fourth-order valence-electron chi connectivity index (χ4n) is 5.86. The number of rotatable bonds is 6. The zero-order chi connectivity index (χ0) is 26.3. The number of carbonyl (C=O) groups excluding carboxylic acids is 3. The molecule has 5 rings (SSSR count). The van der Waals surface area contributed by atoms with Crippen molar-refractivity contribution >= 4 is 35.1 Å². The zero-order valence-corrected chi connectivity index (χ0v) is 22.0. The number of likely N-dealkylation sites (N-methyl/N-ethyl adjacent to an activating group) is 1. The molecule has 0 unspecified atom stereocenters. The molecule has 0 aromatic heterocycles. The average Bonchev–Trinajstić information content (AvgIpc) is 2.91. The van der Waals surface area contributed by atoms with E-state index in [1.54, 1.807) is 26.4 Å². The molecule has 2 aromatic carbocycles. The van der Waals surface area contributed by atoms with Crippen LogP contribution in [0.2, 0.25) is 5.02 Å². The third kappa shape index (κ3) is 4.10. The Morgan fingerprint density at radius 3 is 2.59 bits per heavy atom. The summed E-state index contributed by atoms with van der Waals surface area (Å²) in [6, 6.07) is 10.0. The van der Waals surface area contributed by atoms with Crippen molar-refractivity contribution < 1.29 is 23.9 Å². The third-order valence-corrected chi connectivity index (χ3v) is 8.26. The molecular formula is C27H31ClN4O5. The van der Waals surface area contributed by atoms with E-state index >= 15 is 0 Å². The van der Waals surface area contributed by atoms with Crippen LogP contribution < -0.4 is 19.7 Å². The maximum Gasteiger partial charge on any atom is 0.330 e. The highest BCUT2D eigenvalue weighted by Crippen LogP contribution is 2.47. The molecule has 1 N–H and O–H groups in total. The van der Waals surface area contributed by atoms with Crippen LogP contribution in [-0.4, -0.2) is 80.6 Å². The molecule has 10 heteroatoms.